The number of ether oxygens (including phenoxy) is 1. The van der Waals surface area contributed by atoms with Gasteiger partial charge in [0.05, 0.1) is 18.7 Å². The average Bonchev–Trinajstić information content (AvgIpc) is 2.84. The van der Waals surface area contributed by atoms with Crippen LogP contribution < -0.4 is 5.32 Å². The Kier molecular flexibility index (Phi) is 10.9. The SMILES string of the molecule is CCOC(=O)/C(C)=C/[C@H](C(C)C)N(C)C(=O)C(NC(=O)[C@H]1C[C@@H](c2ccccc2)CCN1C)C(C)(C)C. The van der Waals surface area contributed by atoms with Crippen LogP contribution in [-0.4, -0.2) is 73.0 Å². The number of hydrogen-bond donors (Lipinski definition) is 1. The number of nitrogens with zero attached hydrogens (tertiary/aromatic N) is 2. The van der Waals surface area contributed by atoms with Gasteiger partial charge in [0.25, 0.3) is 0 Å². The van der Waals surface area contributed by atoms with E-state index in [1.807, 2.05) is 59.9 Å². The van der Waals surface area contributed by atoms with Crippen molar-refractivity contribution in [2.45, 2.75) is 85.4 Å². The molecule has 206 valence electrons. The molecule has 1 unspecified atom stereocenters. The molecule has 0 bridgehead atoms. The molecule has 1 saturated heterocycles. The van der Waals surface area contributed by atoms with E-state index in [1.54, 1.807) is 31.9 Å². The summed E-state index contributed by atoms with van der Waals surface area (Å²) in [5.74, 6) is -0.315. The molecule has 37 heavy (non-hydrogen) atoms. The Morgan fingerprint density at radius 3 is 2.35 bits per heavy atom. The Hall–Kier alpha value is -2.67. The van der Waals surface area contributed by atoms with Crippen LogP contribution in [0.3, 0.4) is 0 Å². The summed E-state index contributed by atoms with van der Waals surface area (Å²) >= 11 is 0. The quantitative estimate of drug-likeness (QED) is 0.391. The van der Waals surface area contributed by atoms with Crippen LogP contribution in [0.4, 0.5) is 0 Å². The van der Waals surface area contributed by atoms with E-state index in [1.165, 1.54) is 5.56 Å². The minimum Gasteiger partial charge on any atom is -0.463 e. The predicted octanol–water partition coefficient (Wildman–Crippen LogP) is 4.39. The standard InChI is InChI=1S/C30H47N3O4/c1-10-37-29(36)21(4)18-24(20(2)3)33(9)28(35)26(30(5,6)7)31-27(34)25-19-23(16-17-32(25)8)22-14-12-11-13-15-22/h11-15,18,20,23-26H,10,16-17,19H2,1-9H3,(H,31,34)/b21-18+/t23-,24+,25+,26?/m0/s1. The van der Waals surface area contributed by atoms with Crippen LogP contribution >= 0.6 is 0 Å². The molecule has 1 aromatic rings. The molecule has 2 amide bonds. The second kappa shape index (κ2) is 13.2. The lowest BCUT2D eigenvalue weighted by Crippen LogP contribution is -2.60. The topological polar surface area (TPSA) is 79.0 Å². The number of amides is 2. The van der Waals surface area contributed by atoms with Crippen molar-refractivity contribution in [1.82, 2.24) is 15.1 Å². The smallest absolute Gasteiger partial charge is 0.333 e. The zero-order chi connectivity index (χ0) is 27.9. The van der Waals surface area contributed by atoms with E-state index < -0.39 is 11.5 Å². The maximum absolute atomic E-state index is 13.9. The Morgan fingerprint density at radius 2 is 1.81 bits per heavy atom. The first kappa shape index (κ1) is 30.6. The molecule has 0 saturated carbocycles. The van der Waals surface area contributed by atoms with Crippen molar-refractivity contribution >= 4 is 17.8 Å². The Bertz CT molecular complexity index is 951. The fraction of sp³-hybridized carbons (Fsp3) is 0.633. The van der Waals surface area contributed by atoms with Crippen molar-refractivity contribution in [2.75, 3.05) is 27.2 Å². The highest BCUT2D eigenvalue weighted by molar-refractivity contribution is 5.91. The van der Waals surface area contributed by atoms with Gasteiger partial charge in [-0.05, 0) is 63.1 Å². The van der Waals surface area contributed by atoms with Crippen LogP contribution in [0.5, 0.6) is 0 Å². The van der Waals surface area contributed by atoms with Crippen molar-refractivity contribution in [3.8, 4) is 0 Å². The van der Waals surface area contributed by atoms with Crippen LogP contribution in [-0.2, 0) is 19.1 Å². The first-order chi connectivity index (χ1) is 17.3. The molecular formula is C30H47N3O4. The molecule has 0 aliphatic carbocycles. The number of hydrogen-bond acceptors (Lipinski definition) is 5. The lowest BCUT2D eigenvalue weighted by atomic mass is 9.83. The molecule has 1 aliphatic heterocycles. The number of piperidine rings is 1. The maximum atomic E-state index is 13.9. The van der Waals surface area contributed by atoms with Crippen LogP contribution in [0, 0.1) is 11.3 Å². The molecule has 7 heteroatoms. The minimum absolute atomic E-state index is 0.0609. The minimum atomic E-state index is -0.715. The number of likely N-dealkylation sites (N-methyl/N-ethyl adjacent to an activating group) is 2. The van der Waals surface area contributed by atoms with E-state index in [9.17, 15) is 14.4 Å². The zero-order valence-electron chi connectivity index (χ0n) is 24.2. The van der Waals surface area contributed by atoms with E-state index >= 15 is 0 Å². The first-order valence-corrected chi connectivity index (χ1v) is 13.5. The number of carbonyl (C=O) groups is 3. The fourth-order valence-corrected chi connectivity index (χ4v) is 4.98. The third-order valence-electron chi connectivity index (χ3n) is 7.34. The number of rotatable bonds is 9. The molecule has 4 atom stereocenters. The molecule has 0 spiro atoms. The molecule has 7 nitrogen and oxygen atoms in total. The Labute approximate surface area is 223 Å². The van der Waals surface area contributed by atoms with Gasteiger partial charge in [0.1, 0.15) is 6.04 Å². The second-order valence-corrected chi connectivity index (χ2v) is 11.7. The summed E-state index contributed by atoms with van der Waals surface area (Å²) in [5.41, 5.74) is 1.21. The summed E-state index contributed by atoms with van der Waals surface area (Å²) in [6, 6.07) is 8.98. The molecule has 1 heterocycles. The highest BCUT2D eigenvalue weighted by atomic mass is 16.5. The third kappa shape index (κ3) is 8.16. The highest BCUT2D eigenvalue weighted by Gasteiger charge is 2.40. The van der Waals surface area contributed by atoms with Gasteiger partial charge in [0, 0.05) is 12.6 Å². The molecule has 1 aliphatic rings. The van der Waals surface area contributed by atoms with Gasteiger partial charge in [0.2, 0.25) is 11.8 Å². The van der Waals surface area contributed by atoms with E-state index in [4.69, 9.17) is 4.74 Å². The molecule has 0 aromatic heterocycles. The van der Waals surface area contributed by atoms with Crippen molar-refractivity contribution < 1.29 is 19.1 Å². The fourth-order valence-electron chi connectivity index (χ4n) is 4.98. The van der Waals surface area contributed by atoms with Gasteiger partial charge in [-0.1, -0.05) is 71.0 Å². The van der Waals surface area contributed by atoms with Crippen LogP contribution in [0.2, 0.25) is 0 Å². The van der Waals surface area contributed by atoms with Crippen molar-refractivity contribution in [1.29, 1.82) is 0 Å². The van der Waals surface area contributed by atoms with Gasteiger partial charge in [-0.2, -0.15) is 0 Å². The number of esters is 1. The van der Waals surface area contributed by atoms with Gasteiger partial charge in [-0.15, -0.1) is 0 Å². The van der Waals surface area contributed by atoms with Gasteiger partial charge in [-0.3, -0.25) is 14.5 Å². The molecule has 2 rings (SSSR count). The van der Waals surface area contributed by atoms with Gasteiger partial charge < -0.3 is 15.0 Å². The summed E-state index contributed by atoms with van der Waals surface area (Å²) in [7, 11) is 3.72. The largest absolute Gasteiger partial charge is 0.463 e. The highest BCUT2D eigenvalue weighted by Crippen LogP contribution is 2.31. The monoisotopic (exact) mass is 513 g/mol. The lowest BCUT2D eigenvalue weighted by molar-refractivity contribution is -0.142. The summed E-state index contributed by atoms with van der Waals surface area (Å²) in [5, 5.41) is 3.12. The van der Waals surface area contributed by atoms with Gasteiger partial charge in [-0.25, -0.2) is 4.79 Å². The van der Waals surface area contributed by atoms with Gasteiger partial charge >= 0.3 is 5.97 Å². The maximum Gasteiger partial charge on any atom is 0.333 e. The Balaban J connectivity index is 2.25. The normalized spacial score (nSPS) is 20.8. The summed E-state index contributed by atoms with van der Waals surface area (Å²) < 4.78 is 5.12. The van der Waals surface area contributed by atoms with Gasteiger partial charge in [0.15, 0.2) is 0 Å². The number of carbonyl (C=O) groups excluding carboxylic acids is 3. The number of nitrogens with one attached hydrogen (secondary N) is 1. The molecule has 1 N–H and O–H groups in total. The van der Waals surface area contributed by atoms with Crippen molar-refractivity contribution in [3.63, 3.8) is 0 Å². The van der Waals surface area contributed by atoms with Crippen molar-refractivity contribution in [2.24, 2.45) is 11.3 Å². The third-order valence-corrected chi connectivity index (χ3v) is 7.34. The first-order valence-electron chi connectivity index (χ1n) is 13.5. The van der Waals surface area contributed by atoms with Crippen molar-refractivity contribution in [3.05, 3.63) is 47.5 Å². The van der Waals surface area contributed by atoms with E-state index in [-0.39, 0.29) is 35.8 Å². The van der Waals surface area contributed by atoms with Crippen LogP contribution in [0.25, 0.3) is 0 Å². The Morgan fingerprint density at radius 1 is 1.19 bits per heavy atom. The molecule has 1 aromatic carbocycles. The summed E-state index contributed by atoms with van der Waals surface area (Å²) in [4.78, 5) is 43.4. The van der Waals surface area contributed by atoms with Crippen LogP contribution in [0.15, 0.2) is 42.0 Å². The number of benzene rings is 1. The second-order valence-electron chi connectivity index (χ2n) is 11.7. The van der Waals surface area contributed by atoms with E-state index in [2.05, 4.69) is 22.3 Å². The average molecular weight is 514 g/mol. The molecule has 1 fully saturated rings. The summed E-state index contributed by atoms with van der Waals surface area (Å²) in [6.45, 7) is 14.5. The number of likely N-dealkylation sites (tertiary alicyclic amines) is 1. The lowest BCUT2D eigenvalue weighted by Gasteiger charge is -2.40. The summed E-state index contributed by atoms with van der Waals surface area (Å²) in [6.07, 6.45) is 3.50. The van der Waals surface area contributed by atoms with Crippen LogP contribution in [0.1, 0.15) is 72.8 Å². The van der Waals surface area contributed by atoms with E-state index in [0.29, 0.717) is 24.5 Å². The molecule has 0 radical (unpaired) electrons. The predicted molar refractivity (Wildman–Crippen MR) is 148 cm³/mol. The molecular weight excluding hydrogens is 466 g/mol. The zero-order valence-corrected chi connectivity index (χ0v) is 24.2. The van der Waals surface area contributed by atoms with E-state index in [0.717, 1.165) is 13.0 Å².